The van der Waals surface area contributed by atoms with Gasteiger partial charge in [0.05, 0.1) is 13.2 Å². The second-order valence-electron chi connectivity index (χ2n) is 6.79. The number of nitrogens with zero attached hydrogens (tertiary/aromatic N) is 4. The van der Waals surface area contributed by atoms with E-state index in [2.05, 4.69) is 26.6 Å². The van der Waals surface area contributed by atoms with Crippen LogP contribution in [0.15, 0.2) is 47.6 Å². The number of methoxy groups -OCH3 is 1. The van der Waals surface area contributed by atoms with Gasteiger partial charge >= 0.3 is 0 Å². The molecule has 0 aliphatic carbocycles. The zero-order chi connectivity index (χ0) is 21.0. The van der Waals surface area contributed by atoms with E-state index in [1.807, 2.05) is 38.4 Å². The van der Waals surface area contributed by atoms with Gasteiger partial charge in [0.2, 0.25) is 0 Å². The van der Waals surface area contributed by atoms with Crippen molar-refractivity contribution < 1.29 is 9.13 Å². The molecule has 0 aliphatic rings. The fraction of sp³-hybridized carbons (Fsp3) is 0.333. The Hall–Kier alpha value is -2.09. The first-order valence-electron chi connectivity index (χ1n) is 9.27. The first-order valence-corrected chi connectivity index (χ1v) is 10.6. The minimum atomic E-state index is -0.343. The van der Waals surface area contributed by atoms with Crippen LogP contribution in [0.1, 0.15) is 30.8 Å². The Bertz CT molecular complexity index is 962. The molecule has 0 fully saturated rings. The molecule has 3 rings (SSSR count). The zero-order valence-electron chi connectivity index (χ0n) is 16.9. The molecule has 0 aliphatic heterocycles. The number of benzene rings is 2. The van der Waals surface area contributed by atoms with Crippen LogP contribution in [0.25, 0.3) is 5.69 Å². The van der Waals surface area contributed by atoms with Crippen molar-refractivity contribution in [2.75, 3.05) is 21.2 Å². The molecule has 154 valence electrons. The minimum Gasteiger partial charge on any atom is -0.497 e. The molecular weight excluding hydrogens is 411 g/mol. The first-order chi connectivity index (χ1) is 13.9. The van der Waals surface area contributed by atoms with E-state index in [0.29, 0.717) is 10.8 Å². The molecule has 2 aromatic carbocycles. The fourth-order valence-corrected chi connectivity index (χ4v) is 4.40. The molecule has 0 spiro atoms. The second kappa shape index (κ2) is 9.61. The van der Waals surface area contributed by atoms with Gasteiger partial charge in [-0.2, -0.15) is 0 Å². The third kappa shape index (κ3) is 4.91. The summed E-state index contributed by atoms with van der Waals surface area (Å²) in [5, 5.41) is 10.1. The lowest BCUT2D eigenvalue weighted by molar-refractivity contribution is 0.276. The zero-order valence-corrected chi connectivity index (χ0v) is 18.5. The highest BCUT2D eigenvalue weighted by Gasteiger charge is 2.23. The summed E-state index contributed by atoms with van der Waals surface area (Å²) in [7, 11) is 5.71. The number of aromatic nitrogens is 3. The van der Waals surface area contributed by atoms with Gasteiger partial charge in [-0.3, -0.25) is 9.47 Å². The second-order valence-corrected chi connectivity index (χ2v) is 8.14. The molecule has 1 atom stereocenters. The van der Waals surface area contributed by atoms with Crippen molar-refractivity contribution in [3.63, 3.8) is 0 Å². The third-order valence-electron chi connectivity index (χ3n) is 4.67. The molecule has 1 unspecified atom stereocenters. The van der Waals surface area contributed by atoms with Gasteiger partial charge in [0.15, 0.2) is 11.0 Å². The molecular formula is C21H24ClFN4OS. The van der Waals surface area contributed by atoms with Crippen molar-refractivity contribution in [1.82, 2.24) is 19.7 Å². The van der Waals surface area contributed by atoms with E-state index in [0.717, 1.165) is 34.4 Å². The smallest absolute Gasteiger partial charge is 0.196 e. The highest BCUT2D eigenvalue weighted by molar-refractivity contribution is 7.98. The SMILES string of the molecule is CCC(c1nnc(SCc2ccc(F)cc2Cl)n1-c1ccc(OC)cc1)N(C)C. The van der Waals surface area contributed by atoms with Crippen molar-refractivity contribution in [2.45, 2.75) is 30.3 Å². The maximum absolute atomic E-state index is 13.3. The van der Waals surface area contributed by atoms with Gasteiger partial charge in [-0.05, 0) is 62.5 Å². The lowest BCUT2D eigenvalue weighted by atomic mass is 10.2. The Morgan fingerprint density at radius 3 is 2.48 bits per heavy atom. The van der Waals surface area contributed by atoms with Crippen molar-refractivity contribution in [2.24, 2.45) is 0 Å². The van der Waals surface area contributed by atoms with Crippen LogP contribution in [0.4, 0.5) is 4.39 Å². The summed E-state index contributed by atoms with van der Waals surface area (Å²) < 4.78 is 20.7. The highest BCUT2D eigenvalue weighted by Crippen LogP contribution is 2.32. The van der Waals surface area contributed by atoms with E-state index in [1.54, 1.807) is 13.2 Å². The number of hydrogen-bond donors (Lipinski definition) is 0. The Morgan fingerprint density at radius 2 is 1.90 bits per heavy atom. The topological polar surface area (TPSA) is 43.2 Å². The lowest BCUT2D eigenvalue weighted by Gasteiger charge is -2.23. The van der Waals surface area contributed by atoms with Gasteiger partial charge in [0.25, 0.3) is 0 Å². The molecule has 0 saturated heterocycles. The van der Waals surface area contributed by atoms with E-state index < -0.39 is 0 Å². The van der Waals surface area contributed by atoms with Crippen LogP contribution in [0.2, 0.25) is 5.02 Å². The number of ether oxygens (including phenoxy) is 1. The van der Waals surface area contributed by atoms with Gasteiger partial charge in [-0.15, -0.1) is 10.2 Å². The molecule has 29 heavy (non-hydrogen) atoms. The molecule has 0 bridgehead atoms. The maximum Gasteiger partial charge on any atom is 0.196 e. The normalized spacial score (nSPS) is 12.4. The summed E-state index contributed by atoms with van der Waals surface area (Å²) in [6, 6.07) is 12.4. The van der Waals surface area contributed by atoms with E-state index in [9.17, 15) is 4.39 Å². The van der Waals surface area contributed by atoms with E-state index in [4.69, 9.17) is 16.3 Å². The average molecular weight is 435 g/mol. The standard InChI is InChI=1S/C21H24ClFN4OS/c1-5-19(26(2)3)20-24-25-21(27(20)16-8-10-17(28-4)11-9-16)29-13-14-6-7-15(23)12-18(14)22/h6-12,19H,5,13H2,1-4H3. The maximum atomic E-state index is 13.3. The number of halogens is 2. The first kappa shape index (κ1) is 21.6. The summed E-state index contributed by atoms with van der Waals surface area (Å²) in [6.45, 7) is 2.13. The summed E-state index contributed by atoms with van der Waals surface area (Å²) in [4.78, 5) is 2.13. The van der Waals surface area contributed by atoms with Gasteiger partial charge in [-0.25, -0.2) is 4.39 Å². The Kier molecular flexibility index (Phi) is 7.16. The van der Waals surface area contributed by atoms with Crippen LogP contribution in [0.3, 0.4) is 0 Å². The summed E-state index contributed by atoms with van der Waals surface area (Å²) in [5.74, 6) is 1.88. The lowest BCUT2D eigenvalue weighted by Crippen LogP contribution is -2.22. The largest absolute Gasteiger partial charge is 0.497 e. The predicted octanol–water partition coefficient (Wildman–Crippen LogP) is 5.37. The fourth-order valence-electron chi connectivity index (χ4n) is 3.12. The van der Waals surface area contributed by atoms with E-state index in [-0.39, 0.29) is 11.9 Å². The monoisotopic (exact) mass is 434 g/mol. The number of hydrogen-bond acceptors (Lipinski definition) is 5. The molecule has 1 aromatic heterocycles. The predicted molar refractivity (Wildman–Crippen MR) is 116 cm³/mol. The van der Waals surface area contributed by atoms with Gasteiger partial charge in [0, 0.05) is 16.5 Å². The Labute approximate surface area is 179 Å². The average Bonchev–Trinajstić information content (AvgIpc) is 3.11. The molecule has 3 aromatic rings. The third-order valence-corrected chi connectivity index (χ3v) is 6.00. The molecule has 0 N–H and O–H groups in total. The van der Waals surface area contributed by atoms with Crippen LogP contribution in [0, 0.1) is 5.82 Å². The van der Waals surface area contributed by atoms with Crippen molar-refractivity contribution in [3.05, 3.63) is 64.7 Å². The van der Waals surface area contributed by atoms with Gasteiger partial charge in [0.1, 0.15) is 11.6 Å². The Morgan fingerprint density at radius 1 is 1.17 bits per heavy atom. The number of rotatable bonds is 8. The van der Waals surface area contributed by atoms with E-state index in [1.165, 1.54) is 23.9 Å². The molecule has 8 heteroatoms. The Balaban J connectivity index is 1.98. The van der Waals surface area contributed by atoms with Crippen LogP contribution < -0.4 is 4.74 Å². The number of thioether (sulfide) groups is 1. The van der Waals surface area contributed by atoms with Crippen molar-refractivity contribution >= 4 is 23.4 Å². The van der Waals surface area contributed by atoms with Crippen molar-refractivity contribution in [1.29, 1.82) is 0 Å². The summed E-state index contributed by atoms with van der Waals surface area (Å²) in [5.41, 5.74) is 1.81. The summed E-state index contributed by atoms with van der Waals surface area (Å²) in [6.07, 6.45) is 0.899. The molecule has 0 saturated carbocycles. The highest BCUT2D eigenvalue weighted by atomic mass is 35.5. The van der Waals surface area contributed by atoms with Gasteiger partial charge in [-0.1, -0.05) is 36.4 Å². The molecule has 1 heterocycles. The summed E-state index contributed by atoms with van der Waals surface area (Å²) >= 11 is 7.71. The van der Waals surface area contributed by atoms with Gasteiger partial charge < -0.3 is 4.74 Å². The quantitative estimate of drug-likeness (QED) is 0.445. The minimum absolute atomic E-state index is 0.119. The molecule has 5 nitrogen and oxygen atoms in total. The molecule has 0 amide bonds. The van der Waals surface area contributed by atoms with Crippen LogP contribution >= 0.6 is 23.4 Å². The van der Waals surface area contributed by atoms with E-state index >= 15 is 0 Å². The molecule has 0 radical (unpaired) electrons. The van der Waals surface area contributed by atoms with Crippen LogP contribution in [-0.4, -0.2) is 40.9 Å². The van der Waals surface area contributed by atoms with Crippen LogP contribution in [0.5, 0.6) is 5.75 Å². The van der Waals surface area contributed by atoms with Crippen molar-refractivity contribution in [3.8, 4) is 11.4 Å². The van der Waals surface area contributed by atoms with Crippen LogP contribution in [-0.2, 0) is 5.75 Å².